The maximum atomic E-state index is 5.75. The third-order valence-electron chi connectivity index (χ3n) is 3.59. The van der Waals surface area contributed by atoms with Gasteiger partial charge in [-0.1, -0.05) is 12.2 Å². The van der Waals surface area contributed by atoms with Crippen molar-refractivity contribution in [1.29, 1.82) is 0 Å². The van der Waals surface area contributed by atoms with Gasteiger partial charge < -0.3 is 20.1 Å². The summed E-state index contributed by atoms with van der Waals surface area (Å²) in [5, 5.41) is 6.59. The van der Waals surface area contributed by atoms with Crippen LogP contribution in [0, 0.1) is 5.92 Å². The Hall–Kier alpha value is -1.07. The number of hydrogen-bond donors (Lipinski definition) is 2. The van der Waals surface area contributed by atoms with E-state index in [0.717, 1.165) is 77.7 Å². The molecule has 1 aliphatic heterocycles. The smallest absolute Gasteiger partial charge is 0.191 e. The fourth-order valence-electron chi connectivity index (χ4n) is 2.30. The molecule has 22 heavy (non-hydrogen) atoms. The Morgan fingerprint density at radius 2 is 2.14 bits per heavy atom. The van der Waals surface area contributed by atoms with Gasteiger partial charge in [0, 0.05) is 46.1 Å². The Bertz CT molecular complexity index is 313. The zero-order chi connectivity index (χ0) is 15.9. The average molecular weight is 311 g/mol. The Labute approximate surface area is 135 Å². The minimum absolute atomic E-state index is 0.683. The van der Waals surface area contributed by atoms with Crippen molar-refractivity contribution in [1.82, 2.24) is 10.6 Å². The van der Waals surface area contributed by atoms with Crippen molar-refractivity contribution in [2.45, 2.75) is 39.5 Å². The third kappa shape index (κ3) is 9.79. The fourth-order valence-corrected chi connectivity index (χ4v) is 2.30. The first-order valence-corrected chi connectivity index (χ1v) is 8.65. The van der Waals surface area contributed by atoms with Crippen LogP contribution in [0.15, 0.2) is 17.1 Å². The van der Waals surface area contributed by atoms with Crippen molar-refractivity contribution in [2.75, 3.05) is 46.1 Å². The second-order valence-electron chi connectivity index (χ2n) is 5.53. The molecule has 1 aliphatic rings. The maximum absolute atomic E-state index is 5.75. The molecule has 1 heterocycles. The van der Waals surface area contributed by atoms with Crippen LogP contribution in [-0.4, -0.2) is 52.0 Å². The minimum Gasteiger partial charge on any atom is -0.381 e. The molecule has 5 heteroatoms. The van der Waals surface area contributed by atoms with Gasteiger partial charge in [-0.05, 0) is 45.4 Å². The van der Waals surface area contributed by atoms with E-state index < -0.39 is 0 Å². The molecule has 0 spiro atoms. The topological polar surface area (TPSA) is 54.9 Å². The zero-order valence-corrected chi connectivity index (χ0v) is 14.3. The van der Waals surface area contributed by atoms with E-state index in [0.29, 0.717) is 5.92 Å². The molecular weight excluding hydrogens is 278 g/mol. The molecule has 0 radical (unpaired) electrons. The van der Waals surface area contributed by atoms with E-state index in [-0.39, 0.29) is 0 Å². The van der Waals surface area contributed by atoms with Crippen molar-refractivity contribution in [3.8, 4) is 0 Å². The molecule has 0 aromatic heterocycles. The molecule has 0 aromatic rings. The first-order chi connectivity index (χ1) is 10.9. The van der Waals surface area contributed by atoms with Crippen LogP contribution in [-0.2, 0) is 9.47 Å². The predicted octanol–water partition coefficient (Wildman–Crippen LogP) is 2.34. The third-order valence-corrected chi connectivity index (χ3v) is 3.59. The Kier molecular flexibility index (Phi) is 11.7. The highest BCUT2D eigenvalue weighted by atomic mass is 16.5. The predicted molar refractivity (Wildman–Crippen MR) is 92.4 cm³/mol. The van der Waals surface area contributed by atoms with E-state index in [1.54, 1.807) is 0 Å². The van der Waals surface area contributed by atoms with E-state index in [4.69, 9.17) is 9.47 Å². The largest absolute Gasteiger partial charge is 0.381 e. The van der Waals surface area contributed by atoms with Gasteiger partial charge in [0.15, 0.2) is 5.96 Å². The second kappa shape index (κ2) is 13.6. The lowest BCUT2D eigenvalue weighted by molar-refractivity contribution is 0.0205. The second-order valence-corrected chi connectivity index (χ2v) is 5.53. The van der Waals surface area contributed by atoms with E-state index in [1.807, 2.05) is 6.92 Å². The SMILES string of the molecule is C/C=C/CCNC(=NCCCOCC1CCOCC1)NCC. The molecule has 0 saturated carbocycles. The lowest BCUT2D eigenvalue weighted by Gasteiger charge is -2.21. The highest BCUT2D eigenvalue weighted by Gasteiger charge is 2.13. The fraction of sp³-hybridized carbons (Fsp3) is 0.824. The quantitative estimate of drug-likeness (QED) is 0.281. The van der Waals surface area contributed by atoms with Crippen molar-refractivity contribution < 1.29 is 9.47 Å². The van der Waals surface area contributed by atoms with E-state index in [1.165, 1.54) is 0 Å². The highest BCUT2D eigenvalue weighted by molar-refractivity contribution is 5.79. The van der Waals surface area contributed by atoms with Crippen molar-refractivity contribution in [3.63, 3.8) is 0 Å². The van der Waals surface area contributed by atoms with Crippen molar-refractivity contribution >= 4 is 5.96 Å². The van der Waals surface area contributed by atoms with Gasteiger partial charge in [-0.25, -0.2) is 0 Å². The summed E-state index contributed by atoms with van der Waals surface area (Å²) < 4.78 is 11.1. The molecule has 1 saturated heterocycles. The lowest BCUT2D eigenvalue weighted by Crippen LogP contribution is -2.37. The summed E-state index contributed by atoms with van der Waals surface area (Å²) in [4.78, 5) is 4.57. The van der Waals surface area contributed by atoms with Crippen LogP contribution in [0.1, 0.15) is 39.5 Å². The van der Waals surface area contributed by atoms with Gasteiger partial charge in [0.2, 0.25) is 0 Å². The molecule has 0 atom stereocenters. The Balaban J connectivity index is 2.06. The van der Waals surface area contributed by atoms with Gasteiger partial charge >= 0.3 is 0 Å². The van der Waals surface area contributed by atoms with E-state index in [9.17, 15) is 0 Å². The van der Waals surface area contributed by atoms with Crippen LogP contribution in [0.3, 0.4) is 0 Å². The van der Waals surface area contributed by atoms with Crippen LogP contribution < -0.4 is 10.6 Å². The molecule has 0 aliphatic carbocycles. The molecule has 1 fully saturated rings. The summed E-state index contributed by atoms with van der Waals surface area (Å²) >= 11 is 0. The highest BCUT2D eigenvalue weighted by Crippen LogP contribution is 2.14. The first-order valence-electron chi connectivity index (χ1n) is 8.65. The molecule has 5 nitrogen and oxygen atoms in total. The number of aliphatic imine (C=N–C) groups is 1. The molecule has 0 unspecified atom stereocenters. The van der Waals surface area contributed by atoms with Crippen LogP contribution in [0.25, 0.3) is 0 Å². The number of guanidine groups is 1. The van der Waals surface area contributed by atoms with Crippen LogP contribution in [0.2, 0.25) is 0 Å². The first kappa shape index (κ1) is 19.0. The Morgan fingerprint density at radius 3 is 2.86 bits per heavy atom. The number of ether oxygens (including phenoxy) is 2. The normalized spacial score (nSPS) is 17.1. The molecule has 128 valence electrons. The van der Waals surface area contributed by atoms with Gasteiger partial charge in [-0.15, -0.1) is 0 Å². The summed E-state index contributed by atoms with van der Waals surface area (Å²) in [7, 11) is 0. The molecular formula is C17H33N3O2. The summed E-state index contributed by atoms with van der Waals surface area (Å²) in [6.07, 6.45) is 8.49. The number of rotatable bonds is 10. The molecule has 1 rings (SSSR count). The molecule has 0 amide bonds. The summed E-state index contributed by atoms with van der Waals surface area (Å²) in [5.41, 5.74) is 0. The molecule has 0 aromatic carbocycles. The number of allylic oxidation sites excluding steroid dienone is 1. The van der Waals surface area contributed by atoms with Crippen LogP contribution >= 0.6 is 0 Å². The van der Waals surface area contributed by atoms with E-state index in [2.05, 4.69) is 34.7 Å². The maximum Gasteiger partial charge on any atom is 0.191 e. The zero-order valence-electron chi connectivity index (χ0n) is 14.3. The standard InChI is InChI=1S/C17H33N3O2/c1-3-5-6-10-19-17(18-4-2)20-11-7-12-22-15-16-8-13-21-14-9-16/h3,5,16H,4,6-15H2,1-2H3,(H2,18,19,20)/b5-3+. The summed E-state index contributed by atoms with van der Waals surface area (Å²) in [6.45, 7) is 10.2. The lowest BCUT2D eigenvalue weighted by atomic mass is 10.0. The van der Waals surface area contributed by atoms with Gasteiger partial charge in [-0.3, -0.25) is 4.99 Å². The number of hydrogen-bond acceptors (Lipinski definition) is 3. The van der Waals surface area contributed by atoms with Crippen molar-refractivity contribution in [3.05, 3.63) is 12.2 Å². The van der Waals surface area contributed by atoms with Gasteiger partial charge in [0.25, 0.3) is 0 Å². The molecule has 0 bridgehead atoms. The summed E-state index contributed by atoms with van der Waals surface area (Å²) in [5.74, 6) is 1.58. The van der Waals surface area contributed by atoms with Crippen LogP contribution in [0.5, 0.6) is 0 Å². The van der Waals surface area contributed by atoms with E-state index >= 15 is 0 Å². The van der Waals surface area contributed by atoms with Gasteiger partial charge in [-0.2, -0.15) is 0 Å². The van der Waals surface area contributed by atoms with Crippen molar-refractivity contribution in [2.24, 2.45) is 10.9 Å². The average Bonchev–Trinajstić information content (AvgIpc) is 2.55. The van der Waals surface area contributed by atoms with Crippen LogP contribution in [0.4, 0.5) is 0 Å². The number of nitrogens with one attached hydrogen (secondary N) is 2. The number of nitrogens with zero attached hydrogens (tertiary/aromatic N) is 1. The van der Waals surface area contributed by atoms with Gasteiger partial charge in [0.05, 0.1) is 0 Å². The molecule has 2 N–H and O–H groups in total. The minimum atomic E-state index is 0.683. The van der Waals surface area contributed by atoms with Gasteiger partial charge in [0.1, 0.15) is 0 Å². The summed E-state index contributed by atoms with van der Waals surface area (Å²) in [6, 6.07) is 0. The monoisotopic (exact) mass is 311 g/mol. The Morgan fingerprint density at radius 1 is 1.32 bits per heavy atom.